The van der Waals surface area contributed by atoms with Crippen LogP contribution in [0.15, 0.2) is 78.9 Å². The molecule has 0 fully saturated rings. The summed E-state index contributed by atoms with van der Waals surface area (Å²) in [7, 11) is 0. The Hall–Kier alpha value is -3.08. The molecule has 5 heteroatoms. The topological polar surface area (TPSA) is 17.8 Å². The highest BCUT2D eigenvalue weighted by Crippen LogP contribution is 2.34. The van der Waals surface area contributed by atoms with Gasteiger partial charge in [-0.25, -0.2) is 4.68 Å². The van der Waals surface area contributed by atoms with Crippen LogP contribution in [0.2, 0.25) is 0 Å². The van der Waals surface area contributed by atoms with Crippen LogP contribution in [0.5, 0.6) is 0 Å². The van der Waals surface area contributed by atoms with Gasteiger partial charge < -0.3 is 0 Å². The fraction of sp³-hybridized carbons (Fsp3) is 0.0500. The monoisotopic (exact) mass is 338 g/mol. The van der Waals surface area contributed by atoms with Gasteiger partial charge >= 0.3 is 6.18 Å². The van der Waals surface area contributed by atoms with Gasteiger partial charge in [-0.3, -0.25) is 0 Å². The first kappa shape index (κ1) is 15.4. The maximum Gasteiger partial charge on any atom is 0.435 e. The molecule has 1 aromatic heterocycles. The molecular formula is C20H13F3N2. The van der Waals surface area contributed by atoms with Crippen molar-refractivity contribution in [2.75, 3.05) is 0 Å². The van der Waals surface area contributed by atoms with Crippen molar-refractivity contribution in [2.45, 2.75) is 6.18 Å². The Bertz CT molecular complexity index is 1030. The largest absolute Gasteiger partial charge is 0.435 e. The Balaban J connectivity index is 1.94. The van der Waals surface area contributed by atoms with Crippen LogP contribution in [-0.4, -0.2) is 9.78 Å². The van der Waals surface area contributed by atoms with Gasteiger partial charge in [-0.15, -0.1) is 0 Å². The molecule has 124 valence electrons. The summed E-state index contributed by atoms with van der Waals surface area (Å²) in [6.45, 7) is 0. The van der Waals surface area contributed by atoms with Crippen LogP contribution < -0.4 is 0 Å². The van der Waals surface area contributed by atoms with Crippen LogP contribution in [0.1, 0.15) is 5.69 Å². The van der Waals surface area contributed by atoms with Gasteiger partial charge in [0.05, 0.1) is 11.4 Å². The summed E-state index contributed by atoms with van der Waals surface area (Å²) in [4.78, 5) is 0. The normalized spacial score (nSPS) is 11.8. The van der Waals surface area contributed by atoms with Crippen LogP contribution in [0.3, 0.4) is 0 Å². The molecule has 0 aliphatic rings. The fourth-order valence-corrected chi connectivity index (χ4v) is 2.84. The lowest BCUT2D eigenvalue weighted by Gasteiger charge is -2.08. The molecule has 0 unspecified atom stereocenters. The van der Waals surface area contributed by atoms with Crippen molar-refractivity contribution in [3.05, 3.63) is 84.6 Å². The fourth-order valence-electron chi connectivity index (χ4n) is 2.84. The van der Waals surface area contributed by atoms with E-state index in [9.17, 15) is 13.2 Å². The zero-order chi connectivity index (χ0) is 17.4. The van der Waals surface area contributed by atoms with Crippen molar-refractivity contribution >= 4 is 10.8 Å². The van der Waals surface area contributed by atoms with Gasteiger partial charge in [0.25, 0.3) is 0 Å². The Morgan fingerprint density at radius 1 is 0.720 bits per heavy atom. The number of nitrogens with zero attached hydrogens (tertiary/aromatic N) is 2. The molecule has 4 aromatic rings. The zero-order valence-corrected chi connectivity index (χ0v) is 13.0. The minimum absolute atomic E-state index is 0.407. The average Bonchev–Trinajstić information content (AvgIpc) is 3.08. The standard InChI is InChI=1S/C20H13F3N2/c21-20(22,23)19-13-18(25(24-19)17-8-2-1-3-9-17)16-11-10-14-6-4-5-7-15(14)12-16/h1-13H. The number of rotatable bonds is 2. The van der Waals surface area contributed by atoms with Crippen molar-refractivity contribution in [3.8, 4) is 16.9 Å². The first-order valence-corrected chi connectivity index (χ1v) is 7.74. The van der Waals surface area contributed by atoms with Crippen LogP contribution in [0.25, 0.3) is 27.7 Å². The molecule has 0 aliphatic carbocycles. The second-order valence-electron chi connectivity index (χ2n) is 5.72. The number of halogens is 3. The SMILES string of the molecule is FC(F)(F)c1cc(-c2ccc3ccccc3c2)n(-c2ccccc2)n1. The second kappa shape index (κ2) is 5.77. The van der Waals surface area contributed by atoms with Crippen LogP contribution in [0.4, 0.5) is 13.2 Å². The van der Waals surface area contributed by atoms with Gasteiger partial charge in [0, 0.05) is 5.56 Å². The van der Waals surface area contributed by atoms with E-state index in [0.29, 0.717) is 16.9 Å². The van der Waals surface area contributed by atoms with Gasteiger partial charge in [0.2, 0.25) is 0 Å². The van der Waals surface area contributed by atoms with E-state index in [2.05, 4.69) is 5.10 Å². The zero-order valence-electron chi connectivity index (χ0n) is 13.0. The van der Waals surface area contributed by atoms with Crippen LogP contribution >= 0.6 is 0 Å². The molecule has 0 N–H and O–H groups in total. The molecule has 25 heavy (non-hydrogen) atoms. The number of aromatic nitrogens is 2. The van der Waals surface area contributed by atoms with Crippen molar-refractivity contribution in [2.24, 2.45) is 0 Å². The summed E-state index contributed by atoms with van der Waals surface area (Å²) in [6, 6.07) is 23.3. The number of benzene rings is 3. The van der Waals surface area contributed by atoms with Gasteiger partial charge in [-0.05, 0) is 35.0 Å². The molecule has 0 bridgehead atoms. The molecule has 0 aliphatic heterocycles. The summed E-state index contributed by atoms with van der Waals surface area (Å²) >= 11 is 0. The first-order chi connectivity index (χ1) is 12.0. The van der Waals surface area contributed by atoms with Crippen LogP contribution in [-0.2, 0) is 6.18 Å². The predicted molar refractivity (Wildman–Crippen MR) is 91.5 cm³/mol. The Morgan fingerprint density at radius 2 is 1.40 bits per heavy atom. The van der Waals surface area contributed by atoms with E-state index in [4.69, 9.17) is 0 Å². The van der Waals surface area contributed by atoms with E-state index in [1.54, 1.807) is 24.3 Å². The quantitative estimate of drug-likeness (QED) is 0.458. The lowest BCUT2D eigenvalue weighted by atomic mass is 10.0. The second-order valence-corrected chi connectivity index (χ2v) is 5.72. The maximum absolute atomic E-state index is 13.2. The molecule has 0 radical (unpaired) electrons. The highest BCUT2D eigenvalue weighted by molar-refractivity contribution is 5.87. The highest BCUT2D eigenvalue weighted by atomic mass is 19.4. The van der Waals surface area contributed by atoms with E-state index < -0.39 is 11.9 Å². The number of hydrogen-bond donors (Lipinski definition) is 0. The third-order valence-electron chi connectivity index (χ3n) is 4.05. The summed E-state index contributed by atoms with van der Waals surface area (Å²) in [5.74, 6) is 0. The highest BCUT2D eigenvalue weighted by Gasteiger charge is 2.35. The minimum Gasteiger partial charge on any atom is -0.233 e. The van der Waals surface area contributed by atoms with Crippen molar-refractivity contribution in [3.63, 3.8) is 0 Å². The van der Waals surface area contributed by atoms with Gasteiger partial charge in [0.1, 0.15) is 0 Å². The van der Waals surface area contributed by atoms with E-state index >= 15 is 0 Å². The molecular weight excluding hydrogens is 325 g/mol. The lowest BCUT2D eigenvalue weighted by molar-refractivity contribution is -0.141. The van der Waals surface area contributed by atoms with Crippen molar-refractivity contribution < 1.29 is 13.2 Å². The van der Waals surface area contributed by atoms with E-state index in [1.807, 2.05) is 48.5 Å². The summed E-state index contributed by atoms with van der Waals surface area (Å²) in [5, 5.41) is 5.80. The molecule has 0 saturated carbocycles. The van der Waals surface area contributed by atoms with Gasteiger partial charge in [-0.1, -0.05) is 54.6 Å². The van der Waals surface area contributed by atoms with Crippen molar-refractivity contribution in [1.29, 1.82) is 0 Å². The number of alkyl halides is 3. The number of hydrogen-bond acceptors (Lipinski definition) is 1. The van der Waals surface area contributed by atoms with Gasteiger partial charge in [-0.2, -0.15) is 18.3 Å². The lowest BCUT2D eigenvalue weighted by Crippen LogP contribution is -2.07. The molecule has 0 amide bonds. The van der Waals surface area contributed by atoms with E-state index in [0.717, 1.165) is 16.8 Å². The molecule has 3 aromatic carbocycles. The molecule has 1 heterocycles. The summed E-state index contributed by atoms with van der Waals surface area (Å²) in [5.41, 5.74) is 0.774. The third kappa shape index (κ3) is 2.89. The molecule has 4 rings (SSSR count). The minimum atomic E-state index is -4.49. The smallest absolute Gasteiger partial charge is 0.233 e. The molecule has 0 saturated heterocycles. The number of para-hydroxylation sites is 1. The summed E-state index contributed by atoms with van der Waals surface area (Å²) in [6.07, 6.45) is -4.49. The predicted octanol–water partition coefficient (Wildman–Crippen LogP) is 5.71. The van der Waals surface area contributed by atoms with Crippen LogP contribution in [0, 0.1) is 0 Å². The Morgan fingerprint density at radius 3 is 2.12 bits per heavy atom. The number of fused-ring (bicyclic) bond motifs is 1. The van der Waals surface area contributed by atoms with Crippen molar-refractivity contribution in [1.82, 2.24) is 9.78 Å². The Kier molecular flexibility index (Phi) is 3.57. The average molecular weight is 338 g/mol. The van der Waals surface area contributed by atoms with Gasteiger partial charge in [0.15, 0.2) is 5.69 Å². The Labute approximate surface area is 142 Å². The van der Waals surface area contributed by atoms with E-state index in [1.165, 1.54) is 4.68 Å². The maximum atomic E-state index is 13.2. The third-order valence-corrected chi connectivity index (χ3v) is 4.05. The van der Waals surface area contributed by atoms with E-state index in [-0.39, 0.29) is 0 Å². The first-order valence-electron chi connectivity index (χ1n) is 7.74. The summed E-state index contributed by atoms with van der Waals surface area (Å²) < 4.78 is 40.9. The molecule has 2 nitrogen and oxygen atoms in total. The molecule has 0 spiro atoms. The molecule has 0 atom stereocenters.